The molecule has 38 heavy (non-hydrogen) atoms. The van der Waals surface area contributed by atoms with Crippen LogP contribution >= 0.6 is 23.4 Å². The molecule has 210 valence electrons. The van der Waals surface area contributed by atoms with Gasteiger partial charge in [-0.2, -0.15) is 0 Å². The molecule has 2 N–H and O–H groups in total. The number of ketones is 1. The van der Waals surface area contributed by atoms with Crippen LogP contribution in [0.2, 0.25) is 0 Å². The molecule has 0 aromatic carbocycles. The van der Waals surface area contributed by atoms with Gasteiger partial charge >= 0.3 is 18.2 Å². The predicted molar refractivity (Wildman–Crippen MR) is 130 cm³/mol. The zero-order valence-electron chi connectivity index (χ0n) is 21.1. The largest absolute Gasteiger partial charge is 0.511 e. The van der Waals surface area contributed by atoms with Crippen LogP contribution in [0.15, 0.2) is 16.4 Å². The molecule has 0 radical (unpaired) electrons. The lowest BCUT2D eigenvalue weighted by Gasteiger charge is -2.49. The molecule has 17 heteroatoms. The number of carbonyl (C=O) groups is 6. The Morgan fingerprint density at radius 1 is 1.18 bits per heavy atom. The average Bonchev–Trinajstić information content (AvgIpc) is 2.84. The molecule has 3 atom stereocenters. The van der Waals surface area contributed by atoms with Crippen LogP contribution in [0.3, 0.4) is 0 Å². The van der Waals surface area contributed by atoms with Crippen molar-refractivity contribution in [3.05, 3.63) is 11.3 Å². The van der Waals surface area contributed by atoms with Crippen LogP contribution in [0.1, 0.15) is 20.8 Å². The Kier molecular flexibility index (Phi) is 10.8. The van der Waals surface area contributed by atoms with Crippen molar-refractivity contribution in [2.45, 2.75) is 44.6 Å². The zero-order valence-corrected chi connectivity index (χ0v) is 22.7. The smallest absolute Gasteiger partial charge is 0.445 e. The van der Waals surface area contributed by atoms with Crippen LogP contribution in [0.4, 0.5) is 9.59 Å². The van der Waals surface area contributed by atoms with E-state index in [4.69, 9.17) is 35.8 Å². The van der Waals surface area contributed by atoms with Crippen LogP contribution in [0.5, 0.6) is 0 Å². The first-order valence-corrected chi connectivity index (χ1v) is 12.6. The number of oxime groups is 1. The van der Waals surface area contributed by atoms with E-state index in [0.717, 1.165) is 21.6 Å². The molecular formula is C21H27ClN4O11S. The fourth-order valence-corrected chi connectivity index (χ4v) is 4.60. The van der Waals surface area contributed by atoms with Gasteiger partial charge in [0.25, 0.3) is 11.8 Å². The number of nitrogens with zero attached hydrogens (tertiary/aromatic N) is 3. The summed E-state index contributed by atoms with van der Waals surface area (Å²) < 4.78 is 20.0. The molecule has 0 aromatic rings. The minimum Gasteiger partial charge on any atom is -0.445 e. The third kappa shape index (κ3) is 7.28. The predicted octanol–water partition coefficient (Wildman–Crippen LogP) is 0.428. The van der Waals surface area contributed by atoms with Gasteiger partial charge in [-0.3, -0.25) is 19.3 Å². The van der Waals surface area contributed by atoms with E-state index in [1.54, 1.807) is 13.8 Å². The van der Waals surface area contributed by atoms with Crippen molar-refractivity contribution in [2.75, 3.05) is 32.3 Å². The summed E-state index contributed by atoms with van der Waals surface area (Å²) in [6.45, 7) is 4.08. The van der Waals surface area contributed by atoms with E-state index in [2.05, 4.69) is 10.5 Å². The number of β-lactam (4-membered cyclic amide) rings is 1. The quantitative estimate of drug-likeness (QED) is 0.0419. The second kappa shape index (κ2) is 13.3. The van der Waals surface area contributed by atoms with Crippen molar-refractivity contribution in [3.8, 4) is 0 Å². The standard InChI is InChI=1S/C21H27ClN4O11S/c1-9(2)35-21(32)37-10(3)36-19(30)15-11(7-34-20(31)25(4)5)8-38-18-14(17(29)26(15)18)23-16(28)13(24-33)12(27)6-22/h9-10,14,18,33H,6-8H2,1-5H3,(H,23,28)/t10?,14?,18-/m0/s1. The summed E-state index contributed by atoms with van der Waals surface area (Å²) in [5, 5.41) is 13.1. The molecule has 2 unspecified atom stereocenters. The first kappa shape index (κ1) is 30.7. The summed E-state index contributed by atoms with van der Waals surface area (Å²) in [5.41, 5.74) is -0.939. The first-order valence-electron chi connectivity index (χ1n) is 11.0. The summed E-state index contributed by atoms with van der Waals surface area (Å²) in [6, 6.07) is -1.20. The first-order chi connectivity index (χ1) is 17.8. The van der Waals surface area contributed by atoms with Crippen molar-refractivity contribution < 1.29 is 52.9 Å². The fraction of sp³-hybridized carbons (Fsp3) is 0.571. The molecular weight excluding hydrogens is 552 g/mol. The van der Waals surface area contributed by atoms with Gasteiger partial charge in [0.05, 0.1) is 12.0 Å². The van der Waals surface area contributed by atoms with E-state index < -0.39 is 71.2 Å². The second-order valence-corrected chi connectivity index (χ2v) is 9.65. The number of fused-ring (bicyclic) bond motifs is 1. The minimum absolute atomic E-state index is 0.0815. The highest BCUT2D eigenvalue weighted by Crippen LogP contribution is 2.41. The van der Waals surface area contributed by atoms with Crippen LogP contribution in [0, 0.1) is 0 Å². The summed E-state index contributed by atoms with van der Waals surface area (Å²) in [4.78, 5) is 75.9. The number of esters is 1. The number of alkyl halides is 1. The molecule has 15 nitrogen and oxygen atoms in total. The Hall–Kier alpha value is -3.53. The molecule has 0 aromatic heterocycles. The Bertz CT molecular complexity index is 1060. The van der Waals surface area contributed by atoms with Crippen LogP contribution in [0.25, 0.3) is 0 Å². The zero-order chi connectivity index (χ0) is 28.7. The number of halogens is 1. The normalized spacial score (nSPS) is 19.6. The highest BCUT2D eigenvalue weighted by Gasteiger charge is 2.55. The molecule has 2 aliphatic rings. The van der Waals surface area contributed by atoms with Crippen LogP contribution < -0.4 is 5.32 Å². The van der Waals surface area contributed by atoms with Gasteiger partial charge in [-0.1, -0.05) is 5.16 Å². The lowest BCUT2D eigenvalue weighted by Crippen LogP contribution is -2.71. The lowest BCUT2D eigenvalue weighted by atomic mass is 10.0. The van der Waals surface area contributed by atoms with Gasteiger partial charge in [0, 0.05) is 32.3 Å². The molecule has 0 saturated carbocycles. The topological polar surface area (TPSA) is 190 Å². The Labute approximate surface area is 226 Å². The number of hydrogen-bond acceptors (Lipinski definition) is 13. The van der Waals surface area contributed by atoms with Crippen molar-refractivity contribution in [1.82, 2.24) is 15.1 Å². The molecule has 0 bridgehead atoms. The maximum atomic E-state index is 13.1. The summed E-state index contributed by atoms with van der Waals surface area (Å²) in [7, 11) is 2.91. The molecule has 0 aliphatic carbocycles. The number of carbonyl (C=O) groups excluding carboxylic acids is 6. The van der Waals surface area contributed by atoms with Crippen LogP contribution in [-0.4, -0.2) is 113 Å². The molecule has 0 spiro atoms. The fourth-order valence-electron chi connectivity index (χ4n) is 3.15. The second-order valence-electron chi connectivity index (χ2n) is 8.27. The van der Waals surface area contributed by atoms with Gasteiger partial charge < -0.3 is 34.4 Å². The van der Waals surface area contributed by atoms with Gasteiger partial charge in [-0.25, -0.2) is 14.4 Å². The van der Waals surface area contributed by atoms with Crippen LogP contribution in [-0.2, 0) is 38.1 Å². The van der Waals surface area contributed by atoms with E-state index in [-0.39, 0.29) is 23.6 Å². The maximum absolute atomic E-state index is 13.1. The Morgan fingerprint density at radius 3 is 2.39 bits per heavy atom. The minimum atomic E-state index is -1.41. The number of ether oxygens (including phenoxy) is 4. The van der Waals surface area contributed by atoms with Crippen molar-refractivity contribution in [3.63, 3.8) is 0 Å². The molecule has 2 rings (SSSR count). The lowest BCUT2D eigenvalue weighted by molar-refractivity contribution is -0.169. The van der Waals surface area contributed by atoms with Gasteiger partial charge in [0.2, 0.25) is 17.8 Å². The number of rotatable bonds is 10. The molecule has 2 aliphatic heterocycles. The number of hydrogen-bond donors (Lipinski definition) is 2. The van der Waals surface area contributed by atoms with Gasteiger partial charge in [-0.15, -0.1) is 23.4 Å². The molecule has 1 saturated heterocycles. The summed E-state index contributed by atoms with van der Waals surface area (Å²) >= 11 is 6.52. The third-order valence-corrected chi connectivity index (χ3v) is 6.41. The van der Waals surface area contributed by atoms with E-state index in [9.17, 15) is 28.8 Å². The Morgan fingerprint density at radius 2 is 1.84 bits per heavy atom. The highest BCUT2D eigenvalue weighted by molar-refractivity contribution is 8.00. The average molecular weight is 579 g/mol. The monoisotopic (exact) mass is 578 g/mol. The molecule has 3 amide bonds. The van der Waals surface area contributed by atoms with E-state index in [1.807, 2.05) is 0 Å². The van der Waals surface area contributed by atoms with Gasteiger partial charge in [0.1, 0.15) is 23.7 Å². The summed E-state index contributed by atoms with van der Waals surface area (Å²) in [5.74, 6) is -4.48. The number of Topliss-reactive ketones (excluding diaryl/α,β-unsaturated/α-hetero) is 1. The SMILES string of the molecule is CC(C)OC(=O)OC(C)OC(=O)C1=C(COC(=O)N(C)C)CS[C@H]2C(NC(=O)C(=NO)C(=O)CCl)C(=O)N12. The van der Waals surface area contributed by atoms with Gasteiger partial charge in [-0.05, 0) is 13.8 Å². The number of nitrogens with one attached hydrogen (secondary N) is 1. The van der Waals surface area contributed by atoms with Crippen molar-refractivity contribution >= 4 is 64.9 Å². The van der Waals surface area contributed by atoms with Gasteiger partial charge in [0.15, 0.2) is 0 Å². The highest BCUT2D eigenvalue weighted by atomic mass is 35.5. The van der Waals surface area contributed by atoms with E-state index in [0.29, 0.717) is 0 Å². The van der Waals surface area contributed by atoms with Crippen molar-refractivity contribution in [2.24, 2.45) is 5.16 Å². The van der Waals surface area contributed by atoms with Crippen molar-refractivity contribution in [1.29, 1.82) is 0 Å². The molecule has 2 heterocycles. The number of amides is 3. The molecule has 1 fully saturated rings. The Balaban J connectivity index is 2.25. The van der Waals surface area contributed by atoms with E-state index in [1.165, 1.54) is 21.0 Å². The maximum Gasteiger partial charge on any atom is 0.511 e. The van der Waals surface area contributed by atoms with E-state index >= 15 is 0 Å². The number of thioether (sulfide) groups is 1. The third-order valence-electron chi connectivity index (χ3n) is 4.83. The summed E-state index contributed by atoms with van der Waals surface area (Å²) in [6.07, 6.45) is -3.67.